The largest absolute Gasteiger partial charge is 0.341 e. The number of likely N-dealkylation sites (tertiary alicyclic amines) is 2. The maximum Gasteiger partial charge on any atom is 0.328 e. The van der Waals surface area contributed by atoms with Crippen molar-refractivity contribution in [1.29, 1.82) is 10.5 Å². The first-order chi connectivity index (χ1) is 26.3. The van der Waals surface area contributed by atoms with Gasteiger partial charge in [-0.3, -0.25) is 14.7 Å². The van der Waals surface area contributed by atoms with E-state index < -0.39 is 0 Å². The van der Waals surface area contributed by atoms with Gasteiger partial charge in [0.15, 0.2) is 0 Å². The van der Waals surface area contributed by atoms with Gasteiger partial charge < -0.3 is 31.5 Å². The Bertz CT molecular complexity index is 1700. The van der Waals surface area contributed by atoms with E-state index in [1.54, 1.807) is 21.9 Å². The minimum atomic E-state index is -0.179. The standard InChI is InChI=1S/C20H26N6O.C19H25N7O/c21-12-15-6-1-2-7-16(15)13-26-19(24-10-5-8-17(22)14-24)23-18-9-3-4-11-25(18)20(26)27;20-10-14-4-1-2-5-15(14)12-26-18(24-8-3-6-16(21)13-24)23-17-11-22-7-9-25(17)19(26)27/h1-2,6-7,17-18H,3-5,8-11,13-14,22H2;1-2,4-5,16-17,22H,3,6-9,11-13,21H2/t17-,18?;16-,17?/m11/s1. The quantitative estimate of drug-likeness (QED) is 0.424. The molecule has 4 atom stereocenters. The molecule has 4 fully saturated rings. The van der Waals surface area contributed by atoms with Crippen LogP contribution < -0.4 is 16.8 Å². The zero-order valence-electron chi connectivity index (χ0n) is 30.9. The minimum absolute atomic E-state index is 0.00316. The van der Waals surface area contributed by atoms with Crippen molar-refractivity contribution < 1.29 is 9.59 Å². The van der Waals surface area contributed by atoms with Crippen molar-refractivity contribution >= 4 is 24.0 Å². The number of guanidine groups is 2. The van der Waals surface area contributed by atoms with Gasteiger partial charge in [-0.1, -0.05) is 36.4 Å². The summed E-state index contributed by atoms with van der Waals surface area (Å²) in [7, 11) is 0. The summed E-state index contributed by atoms with van der Waals surface area (Å²) < 4.78 is 0. The van der Waals surface area contributed by atoms with E-state index in [-0.39, 0.29) is 36.5 Å². The number of piperidine rings is 3. The van der Waals surface area contributed by atoms with Gasteiger partial charge in [0, 0.05) is 64.4 Å². The Hall–Kier alpha value is -5.22. The number of amides is 4. The van der Waals surface area contributed by atoms with Gasteiger partial charge in [-0.25, -0.2) is 19.6 Å². The normalized spacial score (nSPS) is 25.7. The van der Waals surface area contributed by atoms with E-state index in [9.17, 15) is 20.1 Å². The summed E-state index contributed by atoms with van der Waals surface area (Å²) in [6, 6.07) is 19.5. The van der Waals surface area contributed by atoms with Gasteiger partial charge in [-0.05, 0) is 68.2 Å². The van der Waals surface area contributed by atoms with Crippen LogP contribution in [0.25, 0.3) is 0 Å². The maximum absolute atomic E-state index is 13.3. The van der Waals surface area contributed by atoms with Crippen LogP contribution in [0.3, 0.4) is 0 Å². The second-order valence-corrected chi connectivity index (χ2v) is 14.9. The Labute approximate surface area is 317 Å². The zero-order chi connectivity index (χ0) is 37.6. The predicted octanol–water partition coefficient (Wildman–Crippen LogP) is 2.59. The van der Waals surface area contributed by atoms with E-state index in [0.717, 1.165) is 94.8 Å². The van der Waals surface area contributed by atoms with Gasteiger partial charge in [-0.2, -0.15) is 10.5 Å². The number of carbonyl (C=O) groups excluding carboxylic acids is 2. The molecule has 6 aliphatic heterocycles. The van der Waals surface area contributed by atoms with Gasteiger partial charge in [0.1, 0.15) is 12.3 Å². The highest BCUT2D eigenvalue weighted by Crippen LogP contribution is 2.28. The Balaban J connectivity index is 0.000000167. The number of urea groups is 2. The molecule has 0 aliphatic carbocycles. The van der Waals surface area contributed by atoms with Crippen molar-refractivity contribution in [2.45, 2.75) is 82.5 Å². The van der Waals surface area contributed by atoms with Gasteiger partial charge >= 0.3 is 12.1 Å². The van der Waals surface area contributed by atoms with Crippen LogP contribution in [0.4, 0.5) is 9.59 Å². The molecular formula is C39H51N13O2. The fraction of sp³-hybridized carbons (Fsp3) is 0.538. The zero-order valence-corrected chi connectivity index (χ0v) is 30.9. The van der Waals surface area contributed by atoms with E-state index in [2.05, 4.69) is 27.3 Å². The first-order valence-electron chi connectivity index (χ1n) is 19.3. The third-order valence-electron chi connectivity index (χ3n) is 11.1. The van der Waals surface area contributed by atoms with Gasteiger partial charge in [-0.15, -0.1) is 0 Å². The minimum Gasteiger partial charge on any atom is -0.341 e. The number of piperazine rings is 1. The molecule has 6 aliphatic rings. The van der Waals surface area contributed by atoms with Crippen LogP contribution in [0, 0.1) is 22.7 Å². The third kappa shape index (κ3) is 7.99. The van der Waals surface area contributed by atoms with Crippen LogP contribution in [0.5, 0.6) is 0 Å². The molecule has 15 heteroatoms. The summed E-state index contributed by atoms with van der Waals surface area (Å²) in [4.78, 5) is 48.0. The summed E-state index contributed by atoms with van der Waals surface area (Å²) >= 11 is 0. The molecule has 2 aromatic rings. The molecule has 0 saturated carbocycles. The van der Waals surface area contributed by atoms with Gasteiger partial charge in [0.05, 0.1) is 36.4 Å². The van der Waals surface area contributed by atoms with Crippen molar-refractivity contribution in [3.05, 3.63) is 70.8 Å². The van der Waals surface area contributed by atoms with Crippen LogP contribution in [0.2, 0.25) is 0 Å². The fourth-order valence-electron chi connectivity index (χ4n) is 8.23. The highest BCUT2D eigenvalue weighted by atomic mass is 16.2. The van der Waals surface area contributed by atoms with Crippen molar-refractivity contribution in [1.82, 2.24) is 34.7 Å². The number of hydrogen-bond acceptors (Lipinski definition) is 11. The number of aliphatic imine (C=N–C) groups is 2. The van der Waals surface area contributed by atoms with Crippen LogP contribution in [-0.4, -0.2) is 130 Å². The number of carbonyl (C=O) groups is 2. The van der Waals surface area contributed by atoms with Crippen LogP contribution in [-0.2, 0) is 13.1 Å². The van der Waals surface area contributed by atoms with E-state index in [4.69, 9.17) is 21.5 Å². The number of nitrogens with one attached hydrogen (secondary N) is 1. The Kier molecular flexibility index (Phi) is 11.6. The maximum atomic E-state index is 13.3. The van der Waals surface area contributed by atoms with E-state index in [1.807, 2.05) is 46.2 Å². The average Bonchev–Trinajstić information content (AvgIpc) is 3.20. The lowest BCUT2D eigenvalue weighted by Gasteiger charge is -2.46. The average molecular weight is 734 g/mol. The smallest absolute Gasteiger partial charge is 0.328 e. The second-order valence-electron chi connectivity index (χ2n) is 14.9. The second kappa shape index (κ2) is 16.8. The van der Waals surface area contributed by atoms with Crippen molar-refractivity contribution in [3.63, 3.8) is 0 Å². The van der Waals surface area contributed by atoms with Crippen LogP contribution in [0.1, 0.15) is 67.2 Å². The predicted molar refractivity (Wildman–Crippen MR) is 204 cm³/mol. The summed E-state index contributed by atoms with van der Waals surface area (Å²) in [5, 5.41) is 22.2. The van der Waals surface area contributed by atoms with Crippen molar-refractivity contribution in [2.75, 3.05) is 52.4 Å². The highest BCUT2D eigenvalue weighted by Gasteiger charge is 2.41. The fourth-order valence-corrected chi connectivity index (χ4v) is 8.23. The molecule has 2 aromatic carbocycles. The lowest BCUT2D eigenvalue weighted by Crippen LogP contribution is -2.64. The molecule has 0 bridgehead atoms. The molecule has 6 heterocycles. The molecule has 5 N–H and O–H groups in total. The molecule has 8 rings (SSSR count). The first-order valence-corrected chi connectivity index (χ1v) is 19.3. The van der Waals surface area contributed by atoms with Crippen LogP contribution in [0.15, 0.2) is 58.5 Å². The molecule has 0 radical (unpaired) electrons. The van der Waals surface area contributed by atoms with E-state index in [1.165, 1.54) is 0 Å². The number of hydrogen-bond donors (Lipinski definition) is 3. The molecular weight excluding hydrogens is 683 g/mol. The number of fused-ring (bicyclic) bond motifs is 2. The molecule has 284 valence electrons. The number of rotatable bonds is 4. The number of benzene rings is 2. The molecule has 0 aromatic heterocycles. The number of nitriles is 2. The monoisotopic (exact) mass is 733 g/mol. The van der Waals surface area contributed by atoms with Gasteiger partial charge in [0.25, 0.3) is 0 Å². The van der Waals surface area contributed by atoms with Crippen molar-refractivity contribution in [3.8, 4) is 12.1 Å². The SMILES string of the molecule is N#Cc1ccccc1CN1C(=O)N2CCCCC2N=C1N1CCC[C@@H](N)C1.N#Cc1ccccc1CN1C(=O)N2CCNCC2N=C1N1CCC[C@@H](N)C1. The Morgan fingerprint density at radius 3 is 1.72 bits per heavy atom. The first kappa shape index (κ1) is 37.1. The summed E-state index contributed by atoms with van der Waals surface area (Å²) in [6.07, 6.45) is 6.78. The highest BCUT2D eigenvalue weighted by molar-refractivity contribution is 5.99. The van der Waals surface area contributed by atoms with E-state index in [0.29, 0.717) is 49.8 Å². The van der Waals surface area contributed by atoms with Crippen molar-refractivity contribution in [2.24, 2.45) is 21.5 Å². The molecule has 4 amide bonds. The van der Waals surface area contributed by atoms with Crippen LogP contribution >= 0.6 is 0 Å². The molecule has 15 nitrogen and oxygen atoms in total. The summed E-state index contributed by atoms with van der Waals surface area (Å²) in [5.74, 6) is 1.42. The molecule has 54 heavy (non-hydrogen) atoms. The molecule has 4 saturated heterocycles. The summed E-state index contributed by atoms with van der Waals surface area (Å²) in [5.41, 5.74) is 15.2. The molecule has 0 spiro atoms. The lowest BCUT2D eigenvalue weighted by atomic mass is 10.1. The topological polar surface area (TPSA) is 190 Å². The summed E-state index contributed by atoms with van der Waals surface area (Å²) in [6.45, 7) is 6.63. The number of nitrogens with two attached hydrogens (primary N) is 2. The Morgan fingerprint density at radius 1 is 0.667 bits per heavy atom. The van der Waals surface area contributed by atoms with Gasteiger partial charge in [0.2, 0.25) is 11.9 Å². The van der Waals surface area contributed by atoms with E-state index >= 15 is 0 Å². The Morgan fingerprint density at radius 2 is 1.19 bits per heavy atom. The third-order valence-corrected chi connectivity index (χ3v) is 11.1. The number of nitrogens with zero attached hydrogens (tertiary/aromatic N) is 10. The lowest BCUT2D eigenvalue weighted by molar-refractivity contribution is 0.113. The molecule has 2 unspecified atom stereocenters.